The molecule has 0 aromatic carbocycles. The fraction of sp³-hybridized carbons (Fsp3) is 0.100. The lowest BCUT2D eigenvalue weighted by atomic mass is 10.3. The van der Waals surface area contributed by atoms with Gasteiger partial charge in [0.1, 0.15) is 5.01 Å². The van der Waals surface area contributed by atoms with Crippen LogP contribution >= 0.6 is 22.9 Å². The number of nitrogens with zero attached hydrogens (tertiary/aromatic N) is 3. The first-order valence-corrected chi connectivity index (χ1v) is 5.48. The summed E-state index contributed by atoms with van der Waals surface area (Å²) in [7, 11) is 0. The average molecular weight is 236 g/mol. The zero-order valence-electron chi connectivity index (χ0n) is 7.64. The highest BCUT2D eigenvalue weighted by Crippen LogP contribution is 2.21. The van der Waals surface area contributed by atoms with Crippen molar-refractivity contribution in [2.75, 3.05) is 0 Å². The lowest BCUT2D eigenvalue weighted by Crippen LogP contribution is -1.84. The summed E-state index contributed by atoms with van der Waals surface area (Å²) < 4.78 is 0. The normalized spacial score (nSPS) is 9.87. The number of nitriles is 1. The van der Waals surface area contributed by atoms with Crippen LogP contribution in [0, 0.1) is 11.3 Å². The Bertz CT molecular complexity index is 498. The topological polar surface area (TPSA) is 49.6 Å². The smallest absolute Gasteiger partial charge is 0.107 e. The van der Waals surface area contributed by atoms with E-state index in [0.717, 1.165) is 16.4 Å². The van der Waals surface area contributed by atoms with Gasteiger partial charge in [-0.3, -0.25) is 4.98 Å². The molecule has 0 bridgehead atoms. The van der Waals surface area contributed by atoms with Gasteiger partial charge in [-0.05, 0) is 12.1 Å². The van der Waals surface area contributed by atoms with Crippen LogP contribution < -0.4 is 0 Å². The Morgan fingerprint density at radius 3 is 2.93 bits per heavy atom. The van der Waals surface area contributed by atoms with Crippen LogP contribution in [-0.4, -0.2) is 9.97 Å². The van der Waals surface area contributed by atoms with Gasteiger partial charge < -0.3 is 0 Å². The van der Waals surface area contributed by atoms with Gasteiger partial charge in [0.05, 0.1) is 28.9 Å². The maximum Gasteiger partial charge on any atom is 0.107 e. The molecular weight excluding hydrogens is 230 g/mol. The summed E-state index contributed by atoms with van der Waals surface area (Å²) in [5, 5.41) is 11.8. The van der Waals surface area contributed by atoms with E-state index in [-0.39, 0.29) is 0 Å². The second-order valence-corrected chi connectivity index (χ2v) is 4.20. The summed E-state index contributed by atoms with van der Waals surface area (Å²) in [6.07, 6.45) is 1.93. The van der Waals surface area contributed by atoms with Crippen LogP contribution in [0.3, 0.4) is 0 Å². The van der Waals surface area contributed by atoms with Crippen LogP contribution in [0.15, 0.2) is 23.7 Å². The van der Waals surface area contributed by atoms with Crippen molar-refractivity contribution in [1.29, 1.82) is 5.26 Å². The van der Waals surface area contributed by atoms with Crippen LogP contribution in [0.25, 0.3) is 11.4 Å². The molecule has 0 aliphatic rings. The number of thiazole rings is 1. The summed E-state index contributed by atoms with van der Waals surface area (Å²) in [4.78, 5) is 8.44. The molecule has 0 saturated heterocycles. The molecule has 2 heterocycles. The molecule has 0 saturated carbocycles. The Kier molecular flexibility index (Phi) is 2.95. The first-order valence-electron chi connectivity index (χ1n) is 4.23. The number of halogens is 1. The largest absolute Gasteiger partial charge is 0.253 e. The number of pyridine rings is 1. The van der Waals surface area contributed by atoms with E-state index in [4.69, 9.17) is 16.9 Å². The molecule has 0 aliphatic carbocycles. The Morgan fingerprint density at radius 2 is 2.27 bits per heavy atom. The van der Waals surface area contributed by atoms with Gasteiger partial charge in [0, 0.05) is 11.6 Å². The van der Waals surface area contributed by atoms with Crippen molar-refractivity contribution in [3.63, 3.8) is 0 Å². The molecule has 0 N–H and O–H groups in total. The quantitative estimate of drug-likeness (QED) is 0.804. The molecule has 0 radical (unpaired) electrons. The van der Waals surface area contributed by atoms with Crippen molar-refractivity contribution in [3.8, 4) is 17.5 Å². The SMILES string of the molecule is N#CCc1nc(-c2ccc(Cl)cn2)cs1. The molecule has 2 aromatic rings. The Labute approximate surface area is 96.0 Å². The molecule has 2 aromatic heterocycles. The van der Waals surface area contributed by atoms with Crippen molar-refractivity contribution in [2.24, 2.45) is 0 Å². The highest BCUT2D eigenvalue weighted by Gasteiger charge is 2.04. The summed E-state index contributed by atoms with van der Waals surface area (Å²) in [6, 6.07) is 5.65. The summed E-state index contributed by atoms with van der Waals surface area (Å²) >= 11 is 7.20. The molecule has 3 nitrogen and oxygen atoms in total. The molecule has 0 aliphatic heterocycles. The first kappa shape index (κ1) is 10.1. The summed E-state index contributed by atoms with van der Waals surface area (Å²) in [5.74, 6) is 0. The van der Waals surface area contributed by atoms with Crippen molar-refractivity contribution in [1.82, 2.24) is 9.97 Å². The van der Waals surface area contributed by atoms with Gasteiger partial charge in [-0.1, -0.05) is 11.6 Å². The van der Waals surface area contributed by atoms with Crippen LogP contribution in [0.1, 0.15) is 5.01 Å². The fourth-order valence-electron chi connectivity index (χ4n) is 1.10. The zero-order chi connectivity index (χ0) is 10.7. The molecule has 5 heteroatoms. The van der Waals surface area contributed by atoms with Gasteiger partial charge in [0.2, 0.25) is 0 Å². The fourth-order valence-corrected chi connectivity index (χ4v) is 1.94. The third-order valence-corrected chi connectivity index (χ3v) is 2.84. The lowest BCUT2D eigenvalue weighted by Gasteiger charge is -1.94. The third kappa shape index (κ3) is 2.32. The van der Waals surface area contributed by atoms with Crippen LogP contribution in [0.2, 0.25) is 5.02 Å². The minimum atomic E-state index is 0.345. The standard InChI is InChI=1S/C10H6ClN3S/c11-7-1-2-8(13-5-7)9-6-15-10(14-9)3-4-12/h1-2,5-6H,3H2. The lowest BCUT2D eigenvalue weighted by molar-refractivity contribution is 1.17. The van der Waals surface area contributed by atoms with Gasteiger partial charge in [0.15, 0.2) is 0 Å². The van der Waals surface area contributed by atoms with E-state index in [0.29, 0.717) is 11.4 Å². The molecule has 2 rings (SSSR count). The number of hydrogen-bond acceptors (Lipinski definition) is 4. The summed E-state index contributed by atoms with van der Waals surface area (Å²) in [6.45, 7) is 0. The Balaban J connectivity index is 2.30. The van der Waals surface area contributed by atoms with Crippen molar-refractivity contribution in [3.05, 3.63) is 33.7 Å². The van der Waals surface area contributed by atoms with Gasteiger partial charge in [-0.2, -0.15) is 5.26 Å². The maximum atomic E-state index is 8.52. The monoisotopic (exact) mass is 235 g/mol. The predicted molar refractivity (Wildman–Crippen MR) is 59.7 cm³/mol. The molecule has 0 atom stereocenters. The molecular formula is C10H6ClN3S. The molecule has 0 amide bonds. The second-order valence-electron chi connectivity index (χ2n) is 2.82. The number of aromatic nitrogens is 2. The first-order chi connectivity index (χ1) is 7.29. The second kappa shape index (κ2) is 4.39. The Morgan fingerprint density at radius 1 is 1.40 bits per heavy atom. The van der Waals surface area contributed by atoms with E-state index in [1.54, 1.807) is 12.3 Å². The number of hydrogen-bond donors (Lipinski definition) is 0. The third-order valence-electron chi connectivity index (χ3n) is 1.77. The zero-order valence-corrected chi connectivity index (χ0v) is 9.22. The minimum Gasteiger partial charge on any atom is -0.253 e. The van der Waals surface area contributed by atoms with Crippen molar-refractivity contribution >= 4 is 22.9 Å². The van der Waals surface area contributed by atoms with Gasteiger partial charge in [0.25, 0.3) is 0 Å². The van der Waals surface area contributed by atoms with Gasteiger partial charge in [-0.15, -0.1) is 11.3 Å². The highest BCUT2D eigenvalue weighted by molar-refractivity contribution is 7.10. The van der Waals surface area contributed by atoms with Crippen molar-refractivity contribution in [2.45, 2.75) is 6.42 Å². The number of rotatable bonds is 2. The van der Waals surface area contributed by atoms with Crippen LogP contribution in [0.5, 0.6) is 0 Å². The molecule has 0 fully saturated rings. The maximum absolute atomic E-state index is 8.52. The van der Waals surface area contributed by atoms with Crippen molar-refractivity contribution < 1.29 is 0 Å². The van der Waals surface area contributed by atoms with E-state index >= 15 is 0 Å². The molecule has 74 valence electrons. The van der Waals surface area contributed by atoms with Crippen LogP contribution in [-0.2, 0) is 6.42 Å². The Hall–Kier alpha value is -1.44. The van der Waals surface area contributed by atoms with Gasteiger partial charge in [-0.25, -0.2) is 4.98 Å². The molecule has 0 spiro atoms. The van der Waals surface area contributed by atoms with E-state index in [1.807, 2.05) is 11.4 Å². The average Bonchev–Trinajstić information content (AvgIpc) is 2.68. The minimum absolute atomic E-state index is 0.345. The van der Waals surface area contributed by atoms with Gasteiger partial charge >= 0.3 is 0 Å². The van der Waals surface area contributed by atoms with Crippen LogP contribution in [0.4, 0.5) is 0 Å². The van der Waals surface area contributed by atoms with E-state index in [9.17, 15) is 0 Å². The summed E-state index contributed by atoms with van der Waals surface area (Å²) in [5.41, 5.74) is 1.57. The van der Waals surface area contributed by atoms with E-state index < -0.39 is 0 Å². The van der Waals surface area contributed by atoms with E-state index in [1.165, 1.54) is 11.3 Å². The highest BCUT2D eigenvalue weighted by atomic mass is 35.5. The predicted octanol–water partition coefficient (Wildman–Crippen LogP) is 2.92. The van der Waals surface area contributed by atoms with E-state index in [2.05, 4.69) is 16.0 Å². The molecule has 15 heavy (non-hydrogen) atoms. The molecule has 0 unspecified atom stereocenters.